The molecule has 0 bridgehead atoms. The van der Waals surface area contributed by atoms with Gasteiger partial charge in [-0.15, -0.1) is 11.3 Å². The quantitative estimate of drug-likeness (QED) is 0.859. The molecule has 15 heavy (non-hydrogen) atoms. The Hall–Kier alpha value is -0.450. The van der Waals surface area contributed by atoms with E-state index in [0.29, 0.717) is 6.04 Å². The van der Waals surface area contributed by atoms with Crippen LogP contribution in [0.15, 0.2) is 5.38 Å². The van der Waals surface area contributed by atoms with Crippen LogP contribution >= 0.6 is 11.3 Å². The molecule has 0 radical (unpaired) electrons. The van der Waals surface area contributed by atoms with Crippen LogP contribution in [0.2, 0.25) is 0 Å². The van der Waals surface area contributed by atoms with Gasteiger partial charge in [-0.05, 0) is 33.7 Å². The van der Waals surface area contributed by atoms with Crippen LogP contribution in [0.4, 0.5) is 0 Å². The number of thiazole rings is 1. The topological polar surface area (TPSA) is 34.1 Å². The molecule has 2 unspecified atom stereocenters. The lowest BCUT2D eigenvalue weighted by atomic mass is 10.0. The van der Waals surface area contributed by atoms with Crippen LogP contribution in [0.5, 0.6) is 0 Å². The van der Waals surface area contributed by atoms with Crippen molar-refractivity contribution in [3.63, 3.8) is 0 Å². The molecule has 3 nitrogen and oxygen atoms in total. The summed E-state index contributed by atoms with van der Waals surface area (Å²) in [5.74, 6) is 0. The van der Waals surface area contributed by atoms with Crippen molar-refractivity contribution in [2.45, 2.75) is 38.3 Å². The monoisotopic (exact) mass is 226 g/mol. The second-order valence-electron chi connectivity index (χ2n) is 4.27. The van der Waals surface area contributed by atoms with Crippen LogP contribution in [0.1, 0.15) is 43.4 Å². The average Bonchev–Trinajstić information content (AvgIpc) is 2.85. The van der Waals surface area contributed by atoms with Gasteiger partial charge >= 0.3 is 0 Å². The molecule has 1 aromatic rings. The van der Waals surface area contributed by atoms with Crippen molar-refractivity contribution in [3.05, 3.63) is 16.1 Å². The van der Waals surface area contributed by atoms with Crippen LogP contribution in [0.3, 0.4) is 0 Å². The van der Waals surface area contributed by atoms with Crippen LogP contribution in [-0.4, -0.2) is 18.6 Å². The minimum absolute atomic E-state index is 0.129. The number of rotatable bonds is 3. The summed E-state index contributed by atoms with van der Waals surface area (Å²) >= 11 is 1.71. The van der Waals surface area contributed by atoms with E-state index in [1.54, 1.807) is 11.3 Å². The summed E-state index contributed by atoms with van der Waals surface area (Å²) in [7, 11) is 1.96. The summed E-state index contributed by atoms with van der Waals surface area (Å²) in [4.78, 5) is 4.67. The predicted molar refractivity (Wildman–Crippen MR) is 62.1 cm³/mol. The minimum atomic E-state index is -0.129. The molecule has 0 aliphatic carbocycles. The highest BCUT2D eigenvalue weighted by Gasteiger charge is 2.34. The van der Waals surface area contributed by atoms with E-state index in [1.165, 1.54) is 0 Å². The SMILES string of the molecule is CNC(C)c1csc(C2(C)CCCO2)n1. The Morgan fingerprint density at radius 2 is 2.47 bits per heavy atom. The summed E-state index contributed by atoms with van der Waals surface area (Å²) in [6.07, 6.45) is 2.24. The van der Waals surface area contributed by atoms with Gasteiger partial charge in [-0.25, -0.2) is 4.98 Å². The van der Waals surface area contributed by atoms with Gasteiger partial charge in [0.25, 0.3) is 0 Å². The molecule has 1 fully saturated rings. The fourth-order valence-corrected chi connectivity index (χ4v) is 2.88. The fraction of sp³-hybridized carbons (Fsp3) is 0.727. The molecule has 0 aromatic carbocycles. The van der Waals surface area contributed by atoms with E-state index in [-0.39, 0.29) is 5.60 Å². The number of ether oxygens (including phenoxy) is 1. The van der Waals surface area contributed by atoms with Gasteiger partial charge in [0, 0.05) is 18.0 Å². The van der Waals surface area contributed by atoms with Crippen LogP contribution in [0, 0.1) is 0 Å². The normalized spacial score (nSPS) is 28.2. The molecule has 2 heterocycles. The van der Waals surface area contributed by atoms with E-state index >= 15 is 0 Å². The lowest BCUT2D eigenvalue weighted by molar-refractivity contribution is 0.0165. The summed E-state index contributed by atoms with van der Waals surface area (Å²) in [5, 5.41) is 6.45. The zero-order valence-corrected chi connectivity index (χ0v) is 10.4. The van der Waals surface area contributed by atoms with E-state index in [0.717, 1.165) is 30.2 Å². The first-order chi connectivity index (χ1) is 7.15. The maximum absolute atomic E-state index is 5.78. The third kappa shape index (κ3) is 2.07. The van der Waals surface area contributed by atoms with Gasteiger partial charge in [0.2, 0.25) is 0 Å². The van der Waals surface area contributed by atoms with Crippen molar-refractivity contribution >= 4 is 11.3 Å². The minimum Gasteiger partial charge on any atom is -0.368 e. The van der Waals surface area contributed by atoms with Gasteiger partial charge in [0.1, 0.15) is 10.6 Å². The molecule has 0 amide bonds. The maximum atomic E-state index is 5.78. The Labute approximate surface area is 94.9 Å². The Morgan fingerprint density at radius 3 is 3.07 bits per heavy atom. The van der Waals surface area contributed by atoms with Crippen LogP contribution < -0.4 is 5.32 Å². The predicted octanol–water partition coefficient (Wildman–Crippen LogP) is 2.45. The van der Waals surface area contributed by atoms with E-state index in [9.17, 15) is 0 Å². The largest absolute Gasteiger partial charge is 0.368 e. The van der Waals surface area contributed by atoms with E-state index in [1.807, 2.05) is 7.05 Å². The molecule has 1 N–H and O–H groups in total. The van der Waals surface area contributed by atoms with Crippen molar-refractivity contribution in [1.82, 2.24) is 10.3 Å². The second kappa shape index (κ2) is 4.20. The van der Waals surface area contributed by atoms with Gasteiger partial charge in [0.05, 0.1) is 5.69 Å². The first-order valence-corrected chi connectivity index (χ1v) is 6.31. The molecule has 0 spiro atoms. The van der Waals surface area contributed by atoms with Crippen molar-refractivity contribution < 1.29 is 4.74 Å². The van der Waals surface area contributed by atoms with Gasteiger partial charge in [-0.2, -0.15) is 0 Å². The molecule has 2 rings (SSSR count). The first-order valence-electron chi connectivity index (χ1n) is 5.43. The third-order valence-electron chi connectivity index (χ3n) is 3.07. The van der Waals surface area contributed by atoms with Gasteiger partial charge in [0.15, 0.2) is 0 Å². The van der Waals surface area contributed by atoms with E-state index in [4.69, 9.17) is 4.74 Å². The van der Waals surface area contributed by atoms with Gasteiger partial charge in [-0.1, -0.05) is 0 Å². The highest BCUT2D eigenvalue weighted by Crippen LogP contribution is 2.37. The number of hydrogen-bond acceptors (Lipinski definition) is 4. The number of nitrogens with one attached hydrogen (secondary N) is 1. The molecule has 0 saturated carbocycles. The third-order valence-corrected chi connectivity index (χ3v) is 4.18. The molecule has 1 aromatic heterocycles. The van der Waals surface area contributed by atoms with Gasteiger partial charge < -0.3 is 10.1 Å². The molecular weight excluding hydrogens is 208 g/mol. The number of nitrogens with zero attached hydrogens (tertiary/aromatic N) is 1. The zero-order valence-electron chi connectivity index (χ0n) is 9.54. The molecule has 1 aliphatic heterocycles. The lowest BCUT2D eigenvalue weighted by Gasteiger charge is -2.19. The number of hydrogen-bond donors (Lipinski definition) is 1. The van der Waals surface area contributed by atoms with Crippen molar-refractivity contribution in [3.8, 4) is 0 Å². The zero-order chi connectivity index (χ0) is 10.9. The van der Waals surface area contributed by atoms with Crippen LogP contribution in [0.25, 0.3) is 0 Å². The highest BCUT2D eigenvalue weighted by atomic mass is 32.1. The first kappa shape index (κ1) is 11.0. The summed E-state index contributed by atoms with van der Waals surface area (Å²) < 4.78 is 5.78. The Bertz CT molecular complexity index is 331. The molecule has 84 valence electrons. The lowest BCUT2D eigenvalue weighted by Crippen LogP contribution is -2.20. The molecule has 2 atom stereocenters. The highest BCUT2D eigenvalue weighted by molar-refractivity contribution is 7.09. The second-order valence-corrected chi connectivity index (χ2v) is 5.13. The van der Waals surface area contributed by atoms with Crippen LogP contribution in [-0.2, 0) is 10.3 Å². The Morgan fingerprint density at radius 1 is 1.67 bits per heavy atom. The summed E-state index contributed by atoms with van der Waals surface area (Å²) in [6.45, 7) is 5.14. The standard InChI is InChI=1S/C11H18N2OS/c1-8(12-3)9-7-15-10(13-9)11(2)5-4-6-14-11/h7-8,12H,4-6H2,1-3H3. The van der Waals surface area contributed by atoms with Crippen molar-refractivity contribution in [2.24, 2.45) is 0 Å². The molecule has 1 saturated heterocycles. The Kier molecular flexibility index (Phi) is 3.09. The average molecular weight is 226 g/mol. The summed E-state index contributed by atoms with van der Waals surface area (Å²) in [6, 6.07) is 0.319. The van der Waals surface area contributed by atoms with Crippen molar-refractivity contribution in [1.29, 1.82) is 0 Å². The fourth-order valence-electron chi connectivity index (χ4n) is 1.82. The summed E-state index contributed by atoms with van der Waals surface area (Å²) in [5.41, 5.74) is 0.991. The molecule has 1 aliphatic rings. The van der Waals surface area contributed by atoms with Gasteiger partial charge in [-0.3, -0.25) is 0 Å². The maximum Gasteiger partial charge on any atom is 0.125 e. The van der Waals surface area contributed by atoms with E-state index < -0.39 is 0 Å². The molecular formula is C11H18N2OS. The molecule has 4 heteroatoms. The van der Waals surface area contributed by atoms with E-state index in [2.05, 4.69) is 29.5 Å². The number of aromatic nitrogens is 1. The Balaban J connectivity index is 2.19. The van der Waals surface area contributed by atoms with Crippen molar-refractivity contribution in [2.75, 3.05) is 13.7 Å². The smallest absolute Gasteiger partial charge is 0.125 e.